The van der Waals surface area contributed by atoms with Gasteiger partial charge in [0.25, 0.3) is 0 Å². The van der Waals surface area contributed by atoms with Crippen LogP contribution >= 0.6 is 11.3 Å². The standard InChI is InChI=1S/C50H32N4S/c1-50(2)38-17-8-5-12-32(38)33-26-23-30(28-39(33)50)45-46-40(18-11-27-51-46)52-49(53-45)29-21-24-31(25-22-29)54-41-19-9-6-15-36(41)43-34-13-3-4-14-35(34)44-37-16-7-10-20-42(37)55-48(44)47(43)54/h3-28H,1-2H3. The Bertz CT molecular complexity index is 3410. The van der Waals surface area contributed by atoms with Gasteiger partial charge in [0.1, 0.15) is 11.2 Å². The number of aromatic nitrogens is 4. The van der Waals surface area contributed by atoms with E-state index in [0.717, 1.165) is 33.5 Å². The third kappa shape index (κ3) is 4.24. The van der Waals surface area contributed by atoms with Crippen molar-refractivity contribution in [1.29, 1.82) is 0 Å². The summed E-state index contributed by atoms with van der Waals surface area (Å²) < 4.78 is 5.07. The molecule has 0 N–H and O–H groups in total. The third-order valence-corrected chi connectivity index (χ3v) is 13.0. The van der Waals surface area contributed by atoms with Gasteiger partial charge in [-0.15, -0.1) is 11.3 Å². The van der Waals surface area contributed by atoms with Gasteiger partial charge in [-0.1, -0.05) is 111 Å². The monoisotopic (exact) mass is 720 g/mol. The average molecular weight is 721 g/mol. The molecule has 55 heavy (non-hydrogen) atoms. The molecule has 0 unspecified atom stereocenters. The van der Waals surface area contributed by atoms with E-state index in [0.29, 0.717) is 5.82 Å². The van der Waals surface area contributed by atoms with Gasteiger partial charge in [0.05, 0.1) is 21.3 Å². The van der Waals surface area contributed by atoms with Gasteiger partial charge in [-0.3, -0.25) is 4.98 Å². The molecule has 0 radical (unpaired) electrons. The molecule has 0 aliphatic heterocycles. The van der Waals surface area contributed by atoms with Crippen molar-refractivity contribution in [2.24, 2.45) is 0 Å². The molecule has 4 heterocycles. The summed E-state index contributed by atoms with van der Waals surface area (Å²) in [6, 6.07) is 54.8. The fraction of sp³-hybridized carbons (Fsp3) is 0.0600. The predicted octanol–water partition coefficient (Wildman–Crippen LogP) is 13.3. The Morgan fingerprint density at radius 2 is 1.25 bits per heavy atom. The number of rotatable bonds is 3. The number of pyridine rings is 1. The summed E-state index contributed by atoms with van der Waals surface area (Å²) in [5, 5.41) is 7.77. The third-order valence-electron chi connectivity index (χ3n) is 11.8. The van der Waals surface area contributed by atoms with E-state index in [1.807, 2.05) is 29.7 Å². The predicted molar refractivity (Wildman–Crippen MR) is 231 cm³/mol. The molecule has 11 aromatic rings. The van der Waals surface area contributed by atoms with Crippen molar-refractivity contribution in [3.05, 3.63) is 169 Å². The van der Waals surface area contributed by atoms with Crippen LogP contribution in [0.3, 0.4) is 0 Å². The van der Waals surface area contributed by atoms with E-state index in [9.17, 15) is 0 Å². The molecule has 0 amide bonds. The van der Waals surface area contributed by atoms with Gasteiger partial charge in [-0.2, -0.15) is 0 Å². The molecule has 12 rings (SSSR count). The molecular formula is C50H32N4S. The summed E-state index contributed by atoms with van der Waals surface area (Å²) >= 11 is 1.89. The maximum Gasteiger partial charge on any atom is 0.160 e. The van der Waals surface area contributed by atoms with Gasteiger partial charge in [-0.25, -0.2) is 9.97 Å². The normalized spacial score (nSPS) is 13.4. The Hall–Kier alpha value is -6.69. The smallest absolute Gasteiger partial charge is 0.160 e. The van der Waals surface area contributed by atoms with Crippen molar-refractivity contribution in [1.82, 2.24) is 19.5 Å². The SMILES string of the molecule is CC1(C)c2ccccc2-c2ccc(-c3nc(-c4ccc(-n5c6ccccc6c6c7ccccc7c7c8ccccc8sc7c65)cc4)nc4cccnc34)cc21. The van der Waals surface area contributed by atoms with Crippen LogP contribution in [0, 0.1) is 0 Å². The van der Waals surface area contributed by atoms with E-state index < -0.39 is 0 Å². The second-order valence-electron chi connectivity index (χ2n) is 15.2. The quantitative estimate of drug-likeness (QED) is 0.182. The van der Waals surface area contributed by atoms with E-state index in [4.69, 9.17) is 15.0 Å². The van der Waals surface area contributed by atoms with Crippen LogP contribution in [0.15, 0.2) is 158 Å². The minimum absolute atomic E-state index is 0.114. The molecule has 5 heteroatoms. The second-order valence-corrected chi connectivity index (χ2v) is 16.2. The van der Waals surface area contributed by atoms with E-state index in [-0.39, 0.29) is 5.41 Å². The van der Waals surface area contributed by atoms with Gasteiger partial charge < -0.3 is 4.57 Å². The summed E-state index contributed by atoms with van der Waals surface area (Å²) in [5.74, 6) is 0.685. The van der Waals surface area contributed by atoms with Gasteiger partial charge in [0.15, 0.2) is 5.82 Å². The Labute approximate surface area is 321 Å². The summed E-state index contributed by atoms with van der Waals surface area (Å²) in [4.78, 5) is 15.2. The molecule has 0 bridgehead atoms. The van der Waals surface area contributed by atoms with Crippen molar-refractivity contribution >= 4 is 75.1 Å². The first-order valence-electron chi connectivity index (χ1n) is 18.8. The van der Waals surface area contributed by atoms with Gasteiger partial charge in [-0.05, 0) is 87.6 Å². The fourth-order valence-electron chi connectivity index (χ4n) is 9.30. The van der Waals surface area contributed by atoms with Crippen LogP contribution in [0.4, 0.5) is 0 Å². The first kappa shape index (κ1) is 30.7. The molecule has 4 nitrogen and oxygen atoms in total. The maximum atomic E-state index is 5.28. The minimum atomic E-state index is -0.114. The Kier molecular flexibility index (Phi) is 6.24. The van der Waals surface area contributed by atoms with Crippen LogP contribution in [-0.2, 0) is 5.41 Å². The summed E-state index contributed by atoms with van der Waals surface area (Å²) in [5.41, 5.74) is 13.2. The lowest BCUT2D eigenvalue weighted by molar-refractivity contribution is 0.660. The second kappa shape index (κ2) is 11.2. The van der Waals surface area contributed by atoms with Gasteiger partial charge >= 0.3 is 0 Å². The zero-order chi connectivity index (χ0) is 36.4. The lowest BCUT2D eigenvalue weighted by Gasteiger charge is -2.22. The van der Waals surface area contributed by atoms with Gasteiger partial charge in [0.2, 0.25) is 0 Å². The van der Waals surface area contributed by atoms with Crippen LogP contribution in [0.2, 0.25) is 0 Å². The van der Waals surface area contributed by atoms with Crippen LogP contribution in [-0.4, -0.2) is 19.5 Å². The molecule has 4 aromatic heterocycles. The molecular weight excluding hydrogens is 689 g/mol. The average Bonchev–Trinajstić information content (AvgIpc) is 3.87. The van der Waals surface area contributed by atoms with E-state index in [2.05, 4.69) is 158 Å². The van der Waals surface area contributed by atoms with Crippen LogP contribution in [0.5, 0.6) is 0 Å². The van der Waals surface area contributed by atoms with Crippen molar-refractivity contribution in [3.63, 3.8) is 0 Å². The largest absolute Gasteiger partial charge is 0.308 e. The first-order valence-corrected chi connectivity index (χ1v) is 19.6. The summed E-state index contributed by atoms with van der Waals surface area (Å²) in [6.07, 6.45) is 1.83. The number of para-hydroxylation sites is 1. The molecule has 0 saturated carbocycles. The molecule has 0 spiro atoms. The lowest BCUT2D eigenvalue weighted by Crippen LogP contribution is -2.15. The molecule has 7 aromatic carbocycles. The summed E-state index contributed by atoms with van der Waals surface area (Å²) in [7, 11) is 0. The summed E-state index contributed by atoms with van der Waals surface area (Å²) in [6.45, 7) is 4.63. The Morgan fingerprint density at radius 3 is 2.11 bits per heavy atom. The maximum absolute atomic E-state index is 5.28. The van der Waals surface area contributed by atoms with Crippen molar-refractivity contribution < 1.29 is 0 Å². The zero-order valence-corrected chi connectivity index (χ0v) is 31.0. The molecule has 0 saturated heterocycles. The topological polar surface area (TPSA) is 43.6 Å². The molecule has 0 fully saturated rings. The number of benzene rings is 7. The minimum Gasteiger partial charge on any atom is -0.308 e. The number of fused-ring (bicyclic) bond motifs is 14. The number of hydrogen-bond donors (Lipinski definition) is 0. The molecule has 0 atom stereocenters. The lowest BCUT2D eigenvalue weighted by atomic mass is 9.82. The van der Waals surface area contributed by atoms with Gasteiger partial charge in [0, 0.05) is 54.7 Å². The highest BCUT2D eigenvalue weighted by Crippen LogP contribution is 2.50. The van der Waals surface area contributed by atoms with E-state index in [1.54, 1.807) is 0 Å². The highest BCUT2D eigenvalue weighted by atomic mass is 32.1. The number of hydrogen-bond acceptors (Lipinski definition) is 4. The van der Waals surface area contributed by atoms with Crippen molar-refractivity contribution in [2.75, 3.05) is 0 Å². The molecule has 1 aliphatic carbocycles. The number of nitrogens with zero attached hydrogens (tertiary/aromatic N) is 4. The van der Waals surface area contributed by atoms with Crippen molar-refractivity contribution in [3.8, 4) is 39.5 Å². The van der Waals surface area contributed by atoms with Crippen LogP contribution in [0.25, 0.3) is 103 Å². The van der Waals surface area contributed by atoms with Crippen LogP contribution < -0.4 is 0 Å². The highest BCUT2D eigenvalue weighted by molar-refractivity contribution is 7.27. The molecule has 1 aliphatic rings. The highest BCUT2D eigenvalue weighted by Gasteiger charge is 2.35. The van der Waals surface area contributed by atoms with Crippen LogP contribution in [0.1, 0.15) is 25.0 Å². The fourth-order valence-corrected chi connectivity index (χ4v) is 10.6. The molecule has 258 valence electrons. The Morgan fingerprint density at radius 1 is 0.564 bits per heavy atom. The Balaban J connectivity index is 1.05. The zero-order valence-electron chi connectivity index (χ0n) is 30.2. The first-order chi connectivity index (χ1) is 27.0. The van der Waals surface area contributed by atoms with E-state index >= 15 is 0 Å². The van der Waals surface area contributed by atoms with Crippen molar-refractivity contribution in [2.45, 2.75) is 19.3 Å². The van der Waals surface area contributed by atoms with E-state index in [1.165, 1.54) is 75.0 Å². The number of thiophene rings is 1.